The summed E-state index contributed by atoms with van der Waals surface area (Å²) >= 11 is 0. The van der Waals surface area contributed by atoms with Gasteiger partial charge in [-0.1, -0.05) is 18.9 Å². The molecular weight excluding hydrogens is 262 g/mol. The first kappa shape index (κ1) is 14.9. The zero-order chi connectivity index (χ0) is 15.1. The van der Waals surface area contributed by atoms with E-state index in [-0.39, 0.29) is 5.41 Å². The third-order valence-corrected chi connectivity index (χ3v) is 5.74. The van der Waals surface area contributed by atoms with Crippen LogP contribution in [0.25, 0.3) is 0 Å². The maximum atomic E-state index is 11.4. The molecule has 2 aliphatic carbocycles. The van der Waals surface area contributed by atoms with Gasteiger partial charge in [-0.15, -0.1) is 0 Å². The largest absolute Gasteiger partial charge is 0.508 e. The molecule has 3 rings (SSSR count). The van der Waals surface area contributed by atoms with E-state index < -0.39 is 5.60 Å². The first-order valence-electron chi connectivity index (χ1n) is 8.16. The van der Waals surface area contributed by atoms with Crippen LogP contribution in [0.3, 0.4) is 0 Å². The number of hydrogen-bond acceptors (Lipinski definition) is 3. The summed E-state index contributed by atoms with van der Waals surface area (Å²) in [6.45, 7) is 0.970. The van der Waals surface area contributed by atoms with Crippen LogP contribution in [-0.2, 0) is 11.8 Å². The lowest BCUT2D eigenvalue weighted by Crippen LogP contribution is -2.57. The number of aliphatic hydroxyl groups is 1. The highest BCUT2D eigenvalue weighted by atomic mass is 16.3. The molecule has 116 valence electrons. The fourth-order valence-corrected chi connectivity index (χ4v) is 4.54. The van der Waals surface area contributed by atoms with Crippen molar-refractivity contribution in [3.8, 4) is 5.75 Å². The maximum absolute atomic E-state index is 11.4. The monoisotopic (exact) mass is 289 g/mol. The summed E-state index contributed by atoms with van der Waals surface area (Å²) in [4.78, 5) is 2.20. The molecule has 3 heteroatoms. The summed E-state index contributed by atoms with van der Waals surface area (Å²) < 4.78 is 0. The molecule has 2 N–H and O–H groups in total. The summed E-state index contributed by atoms with van der Waals surface area (Å²) in [6.07, 6.45) is 6.98. The lowest BCUT2D eigenvalue weighted by Gasteiger charge is -2.55. The van der Waals surface area contributed by atoms with Gasteiger partial charge in [0.05, 0.1) is 5.60 Å². The average Bonchev–Trinajstić information content (AvgIpc) is 2.45. The first-order chi connectivity index (χ1) is 9.97. The number of aromatic hydroxyl groups is 1. The SMILES string of the molecule is CN(C)CC[C@@]12CCCC[C@]1(O)CCc1ccc(O)cc12. The smallest absolute Gasteiger partial charge is 0.115 e. The van der Waals surface area contributed by atoms with Crippen LogP contribution in [0.4, 0.5) is 0 Å². The molecule has 0 bridgehead atoms. The number of benzene rings is 1. The minimum atomic E-state index is -0.595. The van der Waals surface area contributed by atoms with Gasteiger partial charge in [0.2, 0.25) is 0 Å². The third kappa shape index (κ3) is 2.36. The van der Waals surface area contributed by atoms with Crippen molar-refractivity contribution in [2.45, 2.75) is 56.0 Å². The van der Waals surface area contributed by atoms with Crippen LogP contribution in [0.15, 0.2) is 18.2 Å². The van der Waals surface area contributed by atoms with Gasteiger partial charge < -0.3 is 15.1 Å². The van der Waals surface area contributed by atoms with E-state index in [4.69, 9.17) is 0 Å². The topological polar surface area (TPSA) is 43.7 Å². The standard InChI is InChI=1S/C18H27NO2/c1-19(2)12-11-17-8-3-4-9-18(17,21)10-7-14-5-6-15(20)13-16(14)17/h5-6,13,20-21H,3-4,7-12H2,1-2H3/t17-,18+/m1/s1. The van der Waals surface area contributed by atoms with E-state index in [1.807, 2.05) is 6.07 Å². The van der Waals surface area contributed by atoms with Gasteiger partial charge in [-0.2, -0.15) is 0 Å². The molecule has 2 atom stereocenters. The first-order valence-corrected chi connectivity index (χ1v) is 8.16. The van der Waals surface area contributed by atoms with Crippen LogP contribution < -0.4 is 0 Å². The molecule has 3 nitrogen and oxygen atoms in total. The zero-order valence-corrected chi connectivity index (χ0v) is 13.2. The fourth-order valence-electron chi connectivity index (χ4n) is 4.54. The van der Waals surface area contributed by atoms with E-state index in [2.05, 4.69) is 25.1 Å². The van der Waals surface area contributed by atoms with E-state index in [9.17, 15) is 10.2 Å². The quantitative estimate of drug-likeness (QED) is 0.899. The fraction of sp³-hybridized carbons (Fsp3) is 0.667. The Morgan fingerprint density at radius 1 is 1.14 bits per heavy atom. The van der Waals surface area contributed by atoms with Gasteiger partial charge in [-0.05, 0) is 76.0 Å². The Bertz CT molecular complexity index is 528. The number of nitrogens with zero attached hydrogens (tertiary/aromatic N) is 1. The summed E-state index contributed by atoms with van der Waals surface area (Å²) in [7, 11) is 4.18. The van der Waals surface area contributed by atoms with E-state index in [1.165, 1.54) is 17.5 Å². The van der Waals surface area contributed by atoms with Crippen LogP contribution in [0.2, 0.25) is 0 Å². The second-order valence-electron chi connectivity index (χ2n) is 7.22. The Kier molecular flexibility index (Phi) is 3.74. The second-order valence-corrected chi connectivity index (χ2v) is 7.22. The Morgan fingerprint density at radius 3 is 2.67 bits per heavy atom. The minimum Gasteiger partial charge on any atom is -0.508 e. The van der Waals surface area contributed by atoms with Gasteiger partial charge in [-0.3, -0.25) is 0 Å². The van der Waals surface area contributed by atoms with Crippen LogP contribution >= 0.6 is 0 Å². The molecule has 1 saturated carbocycles. The number of rotatable bonds is 3. The van der Waals surface area contributed by atoms with Crippen LogP contribution in [0, 0.1) is 0 Å². The highest BCUT2D eigenvalue weighted by Gasteiger charge is 2.54. The number of hydrogen-bond donors (Lipinski definition) is 2. The van der Waals surface area contributed by atoms with Crippen LogP contribution in [-0.4, -0.2) is 41.4 Å². The molecule has 0 saturated heterocycles. The van der Waals surface area contributed by atoms with Crippen molar-refractivity contribution in [2.75, 3.05) is 20.6 Å². The van der Waals surface area contributed by atoms with Gasteiger partial charge >= 0.3 is 0 Å². The molecule has 0 amide bonds. The Hall–Kier alpha value is -1.06. The van der Waals surface area contributed by atoms with Crippen molar-refractivity contribution in [1.82, 2.24) is 4.90 Å². The lowest BCUT2D eigenvalue weighted by atomic mass is 9.53. The van der Waals surface area contributed by atoms with Crippen molar-refractivity contribution < 1.29 is 10.2 Å². The van der Waals surface area contributed by atoms with Crippen molar-refractivity contribution in [3.05, 3.63) is 29.3 Å². The molecule has 0 unspecified atom stereocenters. The van der Waals surface area contributed by atoms with E-state index in [0.29, 0.717) is 5.75 Å². The van der Waals surface area contributed by atoms with E-state index in [1.54, 1.807) is 6.07 Å². The minimum absolute atomic E-state index is 0.179. The van der Waals surface area contributed by atoms with E-state index in [0.717, 1.165) is 45.1 Å². The van der Waals surface area contributed by atoms with Gasteiger partial charge in [0.15, 0.2) is 0 Å². The number of phenolic OH excluding ortho intramolecular Hbond substituents is 1. The Labute approximate surface area is 127 Å². The Balaban J connectivity index is 2.09. The second kappa shape index (κ2) is 5.29. The molecule has 0 heterocycles. The van der Waals surface area contributed by atoms with Crippen molar-refractivity contribution in [1.29, 1.82) is 0 Å². The molecule has 1 aromatic carbocycles. The lowest BCUT2D eigenvalue weighted by molar-refractivity contribution is -0.0887. The summed E-state index contributed by atoms with van der Waals surface area (Å²) in [5.41, 5.74) is 1.75. The summed E-state index contributed by atoms with van der Waals surface area (Å²) in [5, 5.41) is 21.4. The summed E-state index contributed by atoms with van der Waals surface area (Å²) in [6, 6.07) is 5.75. The number of aryl methyl sites for hydroxylation is 1. The highest BCUT2D eigenvalue weighted by Crippen LogP contribution is 2.55. The Morgan fingerprint density at radius 2 is 1.90 bits per heavy atom. The molecule has 1 fully saturated rings. The average molecular weight is 289 g/mol. The van der Waals surface area contributed by atoms with Gasteiger partial charge in [-0.25, -0.2) is 0 Å². The zero-order valence-electron chi connectivity index (χ0n) is 13.2. The van der Waals surface area contributed by atoms with Crippen molar-refractivity contribution >= 4 is 0 Å². The predicted molar refractivity (Wildman–Crippen MR) is 84.7 cm³/mol. The molecule has 1 aromatic rings. The summed E-state index contributed by atoms with van der Waals surface area (Å²) in [5.74, 6) is 0.327. The van der Waals surface area contributed by atoms with Crippen LogP contribution in [0.5, 0.6) is 5.75 Å². The van der Waals surface area contributed by atoms with Crippen LogP contribution in [0.1, 0.15) is 49.7 Å². The normalized spacial score (nSPS) is 31.8. The van der Waals surface area contributed by atoms with Gasteiger partial charge in [0.1, 0.15) is 5.75 Å². The maximum Gasteiger partial charge on any atom is 0.115 e. The highest BCUT2D eigenvalue weighted by molar-refractivity contribution is 5.45. The molecule has 0 radical (unpaired) electrons. The number of phenols is 1. The van der Waals surface area contributed by atoms with Gasteiger partial charge in [0, 0.05) is 5.41 Å². The molecule has 0 aromatic heterocycles. The van der Waals surface area contributed by atoms with Crippen molar-refractivity contribution in [3.63, 3.8) is 0 Å². The predicted octanol–water partition coefficient (Wildman–Crippen LogP) is 2.83. The third-order valence-electron chi connectivity index (χ3n) is 5.74. The van der Waals surface area contributed by atoms with Gasteiger partial charge in [0.25, 0.3) is 0 Å². The molecule has 0 spiro atoms. The van der Waals surface area contributed by atoms with Crippen molar-refractivity contribution in [2.24, 2.45) is 0 Å². The molecule has 2 aliphatic rings. The molecule has 0 aliphatic heterocycles. The van der Waals surface area contributed by atoms with E-state index >= 15 is 0 Å². The molecular formula is C18H27NO2. The molecule has 21 heavy (non-hydrogen) atoms. The number of fused-ring (bicyclic) bond motifs is 3.